The van der Waals surface area contributed by atoms with Crippen molar-refractivity contribution in [3.63, 3.8) is 0 Å². The fraction of sp³-hybridized carbons (Fsp3) is 0. The van der Waals surface area contributed by atoms with Crippen LogP contribution in [0.25, 0.3) is 33.3 Å². The number of benzene rings is 1. The maximum absolute atomic E-state index is 12.3. The second-order valence-electron chi connectivity index (χ2n) is 4.80. The third-order valence-corrected chi connectivity index (χ3v) is 4.16. The molecule has 4 aromatic rings. The van der Waals surface area contributed by atoms with Gasteiger partial charge in [0.1, 0.15) is 11.3 Å². The van der Waals surface area contributed by atoms with Gasteiger partial charge < -0.3 is 9.97 Å². The van der Waals surface area contributed by atoms with E-state index in [0.717, 1.165) is 5.39 Å². The standard InChI is InChI=1S/C15H8Cl2N4O/c16-9-4-11-12(5-10(9)17)21-15(22)13(20-11)8-6-19-14-7(8)2-1-3-18-14/h1-6H,(H,18,19)(H,21,22). The Kier molecular flexibility index (Phi) is 2.92. The van der Waals surface area contributed by atoms with Crippen molar-refractivity contribution < 1.29 is 0 Å². The van der Waals surface area contributed by atoms with Crippen molar-refractivity contribution in [2.24, 2.45) is 0 Å². The number of fused-ring (bicyclic) bond motifs is 2. The number of halogens is 2. The molecule has 108 valence electrons. The van der Waals surface area contributed by atoms with Crippen LogP contribution in [0.5, 0.6) is 0 Å². The average Bonchev–Trinajstić information content (AvgIpc) is 2.92. The largest absolute Gasteiger partial charge is 0.345 e. The zero-order chi connectivity index (χ0) is 15.3. The predicted octanol–water partition coefficient (Wildman–Crippen LogP) is 3.77. The molecule has 2 N–H and O–H groups in total. The molecule has 0 bridgehead atoms. The minimum Gasteiger partial charge on any atom is -0.345 e. The van der Waals surface area contributed by atoms with Gasteiger partial charge in [0.05, 0.1) is 21.1 Å². The summed E-state index contributed by atoms with van der Waals surface area (Å²) in [5, 5.41) is 1.59. The van der Waals surface area contributed by atoms with Gasteiger partial charge >= 0.3 is 0 Å². The molecule has 3 aromatic heterocycles. The summed E-state index contributed by atoms with van der Waals surface area (Å²) in [4.78, 5) is 26.8. The molecule has 22 heavy (non-hydrogen) atoms. The molecular weight excluding hydrogens is 323 g/mol. The molecule has 0 aliphatic carbocycles. The van der Waals surface area contributed by atoms with Crippen LogP contribution in [-0.4, -0.2) is 19.9 Å². The van der Waals surface area contributed by atoms with Crippen molar-refractivity contribution in [1.29, 1.82) is 0 Å². The fourth-order valence-corrected chi connectivity index (χ4v) is 2.74. The number of aromatic nitrogens is 4. The molecule has 7 heteroatoms. The molecular formula is C15H8Cl2N4O. The zero-order valence-electron chi connectivity index (χ0n) is 11.0. The van der Waals surface area contributed by atoms with Crippen molar-refractivity contribution >= 4 is 45.3 Å². The summed E-state index contributed by atoms with van der Waals surface area (Å²) in [5.41, 5.74) is 2.52. The molecule has 0 amide bonds. The van der Waals surface area contributed by atoms with Crippen molar-refractivity contribution in [2.45, 2.75) is 0 Å². The van der Waals surface area contributed by atoms with Gasteiger partial charge in [-0.1, -0.05) is 23.2 Å². The van der Waals surface area contributed by atoms with Gasteiger partial charge in [-0.25, -0.2) is 9.97 Å². The lowest BCUT2D eigenvalue weighted by Crippen LogP contribution is -2.11. The summed E-state index contributed by atoms with van der Waals surface area (Å²) in [6.45, 7) is 0. The number of hydrogen-bond acceptors (Lipinski definition) is 3. The number of aromatic amines is 2. The van der Waals surface area contributed by atoms with Crippen LogP contribution >= 0.6 is 23.2 Å². The van der Waals surface area contributed by atoms with Gasteiger partial charge in [-0.3, -0.25) is 4.79 Å². The van der Waals surface area contributed by atoms with Gasteiger partial charge in [-0.15, -0.1) is 0 Å². The van der Waals surface area contributed by atoms with E-state index in [1.54, 1.807) is 24.5 Å². The second kappa shape index (κ2) is 4.83. The van der Waals surface area contributed by atoms with Gasteiger partial charge in [-0.2, -0.15) is 0 Å². The maximum Gasteiger partial charge on any atom is 0.275 e. The van der Waals surface area contributed by atoms with E-state index in [-0.39, 0.29) is 5.56 Å². The van der Waals surface area contributed by atoms with Crippen LogP contribution in [0.1, 0.15) is 0 Å². The summed E-state index contributed by atoms with van der Waals surface area (Å²) in [6.07, 6.45) is 3.40. The third-order valence-electron chi connectivity index (χ3n) is 3.44. The van der Waals surface area contributed by atoms with Crippen molar-refractivity contribution in [2.75, 3.05) is 0 Å². The van der Waals surface area contributed by atoms with Crippen LogP contribution in [0.2, 0.25) is 10.0 Å². The molecule has 0 saturated carbocycles. The normalized spacial score (nSPS) is 11.4. The summed E-state index contributed by atoms with van der Waals surface area (Å²) >= 11 is 12.0. The SMILES string of the molecule is O=c1[nH]c2cc(Cl)c(Cl)cc2nc1-c1c[nH]c2ncccc12. The van der Waals surface area contributed by atoms with Crippen LogP contribution in [0.15, 0.2) is 41.5 Å². The molecule has 0 aliphatic heterocycles. The molecule has 0 radical (unpaired) electrons. The Morgan fingerprint density at radius 1 is 1.14 bits per heavy atom. The number of pyridine rings is 1. The Bertz CT molecular complexity index is 1080. The molecule has 4 rings (SSSR count). The third kappa shape index (κ3) is 1.98. The first-order valence-electron chi connectivity index (χ1n) is 6.45. The number of nitrogens with one attached hydrogen (secondary N) is 2. The lowest BCUT2D eigenvalue weighted by Gasteiger charge is -2.03. The molecule has 0 atom stereocenters. The van der Waals surface area contributed by atoms with Crippen molar-refractivity contribution in [3.8, 4) is 11.3 Å². The Morgan fingerprint density at radius 3 is 2.82 bits per heavy atom. The summed E-state index contributed by atoms with van der Waals surface area (Å²) < 4.78 is 0. The topological polar surface area (TPSA) is 74.4 Å². The minimum atomic E-state index is -0.296. The Labute approximate surface area is 133 Å². The van der Waals surface area contributed by atoms with Gasteiger partial charge in [0.25, 0.3) is 5.56 Å². The zero-order valence-corrected chi connectivity index (χ0v) is 12.5. The highest BCUT2D eigenvalue weighted by molar-refractivity contribution is 6.42. The predicted molar refractivity (Wildman–Crippen MR) is 87.5 cm³/mol. The lowest BCUT2D eigenvalue weighted by molar-refractivity contribution is 1.22. The highest BCUT2D eigenvalue weighted by atomic mass is 35.5. The first-order chi connectivity index (χ1) is 10.6. The average molecular weight is 331 g/mol. The van der Waals surface area contributed by atoms with Crippen molar-refractivity contribution in [3.05, 3.63) is 57.1 Å². The first-order valence-corrected chi connectivity index (χ1v) is 7.20. The maximum atomic E-state index is 12.3. The van der Waals surface area contributed by atoms with E-state index >= 15 is 0 Å². The molecule has 1 aromatic carbocycles. The quantitative estimate of drug-likeness (QED) is 0.557. The number of H-pyrrole nitrogens is 2. The molecule has 0 spiro atoms. The highest BCUT2D eigenvalue weighted by Gasteiger charge is 2.13. The van der Waals surface area contributed by atoms with E-state index in [1.165, 1.54) is 0 Å². The monoisotopic (exact) mass is 330 g/mol. The van der Waals surface area contributed by atoms with E-state index < -0.39 is 0 Å². The van der Waals surface area contributed by atoms with Gasteiger partial charge in [-0.05, 0) is 24.3 Å². The molecule has 0 saturated heterocycles. The van der Waals surface area contributed by atoms with E-state index in [2.05, 4.69) is 19.9 Å². The Balaban J connectivity index is 2.04. The van der Waals surface area contributed by atoms with Gasteiger partial charge in [0, 0.05) is 23.3 Å². The Morgan fingerprint density at radius 2 is 1.95 bits per heavy atom. The molecule has 0 unspecified atom stereocenters. The first kappa shape index (κ1) is 13.3. The van der Waals surface area contributed by atoms with Crippen LogP contribution in [0.3, 0.4) is 0 Å². The van der Waals surface area contributed by atoms with Crippen molar-refractivity contribution in [1.82, 2.24) is 19.9 Å². The minimum absolute atomic E-state index is 0.296. The Hall–Kier alpha value is -2.37. The lowest BCUT2D eigenvalue weighted by atomic mass is 10.1. The number of nitrogens with zero attached hydrogens (tertiary/aromatic N) is 2. The van der Waals surface area contributed by atoms with Gasteiger partial charge in [0.2, 0.25) is 0 Å². The summed E-state index contributed by atoms with van der Waals surface area (Å²) in [6, 6.07) is 6.92. The van der Waals surface area contributed by atoms with Crippen LogP contribution < -0.4 is 5.56 Å². The number of rotatable bonds is 1. The number of hydrogen-bond donors (Lipinski definition) is 2. The smallest absolute Gasteiger partial charge is 0.275 e. The highest BCUT2D eigenvalue weighted by Crippen LogP contribution is 2.28. The summed E-state index contributed by atoms with van der Waals surface area (Å²) in [7, 11) is 0. The molecule has 0 fully saturated rings. The molecule has 0 aliphatic rings. The second-order valence-corrected chi connectivity index (χ2v) is 5.61. The molecule has 5 nitrogen and oxygen atoms in total. The van der Waals surface area contributed by atoms with E-state index in [0.29, 0.717) is 38.0 Å². The van der Waals surface area contributed by atoms with E-state index in [4.69, 9.17) is 23.2 Å². The van der Waals surface area contributed by atoms with Crippen LogP contribution in [0.4, 0.5) is 0 Å². The summed E-state index contributed by atoms with van der Waals surface area (Å²) in [5.74, 6) is 0. The van der Waals surface area contributed by atoms with Crippen LogP contribution in [0, 0.1) is 0 Å². The fourth-order valence-electron chi connectivity index (χ4n) is 2.42. The van der Waals surface area contributed by atoms with E-state index in [9.17, 15) is 4.79 Å². The van der Waals surface area contributed by atoms with E-state index in [1.807, 2.05) is 12.1 Å². The van der Waals surface area contributed by atoms with Crippen LogP contribution in [-0.2, 0) is 0 Å². The molecule has 3 heterocycles. The van der Waals surface area contributed by atoms with Gasteiger partial charge in [0.15, 0.2) is 0 Å².